The van der Waals surface area contributed by atoms with Crippen LogP contribution in [0, 0.1) is 6.92 Å². The molecule has 0 aromatic heterocycles. The largest absolute Gasteiger partial charge is 0.434 e. The number of hydrogen-bond donors (Lipinski definition) is 2. The molecule has 2 rings (SSSR count). The molecule has 0 atom stereocenters. The van der Waals surface area contributed by atoms with Gasteiger partial charge in [-0.2, -0.15) is 8.78 Å². The van der Waals surface area contributed by atoms with Gasteiger partial charge < -0.3 is 20.3 Å². The monoisotopic (exact) mass is 496 g/mol. The van der Waals surface area contributed by atoms with Crippen molar-refractivity contribution < 1.29 is 13.5 Å². The highest BCUT2D eigenvalue weighted by Gasteiger charge is 2.11. The Labute approximate surface area is 178 Å². The molecule has 0 spiro atoms. The normalized spacial score (nSPS) is 14.9. The van der Waals surface area contributed by atoms with E-state index in [1.165, 1.54) is 25.9 Å². The van der Waals surface area contributed by atoms with Crippen molar-refractivity contribution in [3.63, 3.8) is 0 Å². The number of ether oxygens (including phenoxy) is 1. The predicted octanol–water partition coefficient (Wildman–Crippen LogP) is 3.76. The Bertz CT molecular complexity index is 581. The minimum Gasteiger partial charge on any atom is -0.434 e. The SMILES string of the molecule is CN=C(NCCCCN1CCCC1)NCc1cc(C)ccc1OC(F)F.I. The summed E-state index contributed by atoms with van der Waals surface area (Å²) in [5, 5.41) is 6.43. The van der Waals surface area contributed by atoms with Gasteiger partial charge in [-0.05, 0) is 58.3 Å². The fraction of sp³-hybridized carbons (Fsp3) is 0.632. The van der Waals surface area contributed by atoms with Crippen molar-refractivity contribution in [2.24, 2.45) is 4.99 Å². The first-order valence-electron chi connectivity index (χ1n) is 9.29. The van der Waals surface area contributed by atoms with E-state index in [9.17, 15) is 8.78 Å². The Hall–Kier alpha value is -1.16. The van der Waals surface area contributed by atoms with E-state index in [0.29, 0.717) is 18.1 Å². The maximum Gasteiger partial charge on any atom is 0.387 e. The van der Waals surface area contributed by atoms with Crippen molar-refractivity contribution >= 4 is 29.9 Å². The molecule has 0 saturated carbocycles. The standard InChI is InChI=1S/C19H30F2N4O.HI/c1-15-7-8-17(26-18(20)21)16(13-15)14-24-19(22-2)23-9-3-4-10-25-11-5-6-12-25;/h7-8,13,18H,3-6,9-12,14H2,1-2H3,(H2,22,23,24);1H. The molecule has 0 aliphatic carbocycles. The zero-order valence-corrected chi connectivity index (χ0v) is 18.5. The number of rotatable bonds is 9. The number of unbranched alkanes of at least 4 members (excludes halogenated alkanes) is 1. The first-order valence-corrected chi connectivity index (χ1v) is 9.29. The maximum absolute atomic E-state index is 12.5. The van der Waals surface area contributed by atoms with Gasteiger partial charge in [0.25, 0.3) is 0 Å². The summed E-state index contributed by atoms with van der Waals surface area (Å²) in [6.07, 6.45) is 4.88. The molecule has 0 unspecified atom stereocenters. The minimum atomic E-state index is -2.83. The minimum absolute atomic E-state index is 0. The van der Waals surface area contributed by atoms with Crippen molar-refractivity contribution in [1.29, 1.82) is 0 Å². The van der Waals surface area contributed by atoms with E-state index in [1.807, 2.05) is 13.0 Å². The van der Waals surface area contributed by atoms with E-state index in [0.717, 1.165) is 31.5 Å². The van der Waals surface area contributed by atoms with Gasteiger partial charge in [0.15, 0.2) is 5.96 Å². The molecule has 1 heterocycles. The third-order valence-corrected chi connectivity index (χ3v) is 4.49. The van der Waals surface area contributed by atoms with Crippen LogP contribution in [0.5, 0.6) is 5.75 Å². The third-order valence-electron chi connectivity index (χ3n) is 4.49. The number of nitrogens with one attached hydrogen (secondary N) is 2. The van der Waals surface area contributed by atoms with Gasteiger partial charge in [0.1, 0.15) is 5.75 Å². The number of halogens is 3. The van der Waals surface area contributed by atoms with Crippen molar-refractivity contribution in [2.45, 2.75) is 45.8 Å². The van der Waals surface area contributed by atoms with Crippen LogP contribution < -0.4 is 15.4 Å². The van der Waals surface area contributed by atoms with E-state index < -0.39 is 6.61 Å². The molecule has 1 aromatic carbocycles. The van der Waals surface area contributed by atoms with E-state index in [4.69, 9.17) is 0 Å². The van der Waals surface area contributed by atoms with E-state index in [1.54, 1.807) is 19.2 Å². The lowest BCUT2D eigenvalue weighted by Crippen LogP contribution is -2.37. The number of likely N-dealkylation sites (tertiary alicyclic amines) is 1. The molecule has 0 radical (unpaired) electrons. The summed E-state index contributed by atoms with van der Waals surface area (Å²) >= 11 is 0. The fourth-order valence-corrected chi connectivity index (χ4v) is 3.13. The topological polar surface area (TPSA) is 48.9 Å². The lowest BCUT2D eigenvalue weighted by Gasteiger charge is -2.16. The molecule has 2 N–H and O–H groups in total. The molecule has 1 fully saturated rings. The van der Waals surface area contributed by atoms with Crippen molar-refractivity contribution in [3.8, 4) is 5.75 Å². The second-order valence-corrected chi connectivity index (χ2v) is 6.60. The number of guanidine groups is 1. The van der Waals surface area contributed by atoms with Crippen LogP contribution in [0.25, 0.3) is 0 Å². The summed E-state index contributed by atoms with van der Waals surface area (Å²) < 4.78 is 29.7. The van der Waals surface area contributed by atoms with Crippen molar-refractivity contribution in [2.75, 3.05) is 33.2 Å². The number of benzene rings is 1. The molecule has 0 bridgehead atoms. The highest BCUT2D eigenvalue weighted by Crippen LogP contribution is 2.21. The number of alkyl halides is 2. The maximum atomic E-state index is 12.5. The Kier molecular flexibility index (Phi) is 11.6. The highest BCUT2D eigenvalue weighted by molar-refractivity contribution is 14.0. The zero-order chi connectivity index (χ0) is 18.8. The van der Waals surface area contributed by atoms with Crippen LogP contribution in [0.3, 0.4) is 0 Å². The summed E-state index contributed by atoms with van der Waals surface area (Å²) in [4.78, 5) is 6.70. The van der Waals surface area contributed by atoms with Gasteiger partial charge in [0.05, 0.1) is 0 Å². The van der Waals surface area contributed by atoms with Crippen LogP contribution in [0.15, 0.2) is 23.2 Å². The van der Waals surface area contributed by atoms with Gasteiger partial charge in [0, 0.05) is 25.7 Å². The highest BCUT2D eigenvalue weighted by atomic mass is 127. The first-order chi connectivity index (χ1) is 12.6. The number of nitrogens with zero attached hydrogens (tertiary/aromatic N) is 2. The van der Waals surface area contributed by atoms with Crippen LogP contribution >= 0.6 is 24.0 Å². The molecule has 1 saturated heterocycles. The van der Waals surface area contributed by atoms with Crippen LogP contribution in [-0.2, 0) is 6.54 Å². The molecule has 27 heavy (non-hydrogen) atoms. The van der Waals surface area contributed by atoms with Gasteiger partial charge in [0.2, 0.25) is 0 Å². The van der Waals surface area contributed by atoms with Crippen LogP contribution in [0.1, 0.15) is 36.8 Å². The molecule has 154 valence electrons. The van der Waals surface area contributed by atoms with Gasteiger partial charge in [-0.15, -0.1) is 24.0 Å². The molecule has 1 aromatic rings. The summed E-state index contributed by atoms with van der Waals surface area (Å²) in [6.45, 7) is 3.92. The molecule has 1 aliphatic heterocycles. The van der Waals surface area contributed by atoms with E-state index in [-0.39, 0.29) is 29.7 Å². The molecule has 1 aliphatic rings. The van der Waals surface area contributed by atoms with Crippen LogP contribution in [0.2, 0.25) is 0 Å². The summed E-state index contributed by atoms with van der Waals surface area (Å²) in [7, 11) is 1.70. The Morgan fingerprint density at radius 1 is 1.22 bits per heavy atom. The predicted molar refractivity (Wildman–Crippen MR) is 116 cm³/mol. The summed E-state index contributed by atoms with van der Waals surface area (Å²) in [5.74, 6) is 0.856. The lowest BCUT2D eigenvalue weighted by molar-refractivity contribution is -0.0504. The Morgan fingerprint density at radius 2 is 1.96 bits per heavy atom. The second kappa shape index (κ2) is 13.1. The summed E-state index contributed by atoms with van der Waals surface area (Å²) in [5.41, 5.74) is 1.68. The molecule has 8 heteroatoms. The number of hydrogen-bond acceptors (Lipinski definition) is 3. The third kappa shape index (κ3) is 9.05. The molecule has 0 amide bonds. The first kappa shape index (κ1) is 23.9. The smallest absolute Gasteiger partial charge is 0.387 e. The molecular formula is C19H31F2IN4O. The average Bonchev–Trinajstić information content (AvgIpc) is 3.12. The quantitative estimate of drug-likeness (QED) is 0.237. The summed E-state index contributed by atoms with van der Waals surface area (Å²) in [6, 6.07) is 5.18. The zero-order valence-electron chi connectivity index (χ0n) is 16.1. The Morgan fingerprint density at radius 3 is 2.63 bits per heavy atom. The molecular weight excluding hydrogens is 465 g/mol. The van der Waals surface area contributed by atoms with E-state index in [2.05, 4.69) is 25.3 Å². The fourth-order valence-electron chi connectivity index (χ4n) is 3.13. The second-order valence-electron chi connectivity index (χ2n) is 6.60. The number of aryl methyl sites for hydroxylation is 1. The van der Waals surface area contributed by atoms with Crippen molar-refractivity contribution in [3.05, 3.63) is 29.3 Å². The van der Waals surface area contributed by atoms with Gasteiger partial charge in [-0.3, -0.25) is 4.99 Å². The van der Waals surface area contributed by atoms with E-state index >= 15 is 0 Å². The Balaban J connectivity index is 0.00000364. The number of aliphatic imine (C=N–C) groups is 1. The van der Waals surface area contributed by atoms with Crippen LogP contribution in [-0.4, -0.2) is 50.7 Å². The van der Waals surface area contributed by atoms with Gasteiger partial charge in [-0.25, -0.2) is 0 Å². The molecule has 5 nitrogen and oxygen atoms in total. The average molecular weight is 496 g/mol. The van der Waals surface area contributed by atoms with Gasteiger partial charge >= 0.3 is 6.61 Å². The van der Waals surface area contributed by atoms with Gasteiger partial charge in [-0.1, -0.05) is 17.7 Å². The lowest BCUT2D eigenvalue weighted by atomic mass is 10.1. The van der Waals surface area contributed by atoms with Crippen LogP contribution in [0.4, 0.5) is 8.78 Å². The van der Waals surface area contributed by atoms with Crippen molar-refractivity contribution in [1.82, 2.24) is 15.5 Å².